The molecule has 2 aromatic carbocycles. The van der Waals surface area contributed by atoms with E-state index < -0.39 is 54.4 Å². The van der Waals surface area contributed by atoms with Crippen molar-refractivity contribution < 1.29 is 42.9 Å². The molecule has 5 atom stereocenters. The van der Waals surface area contributed by atoms with E-state index in [1.165, 1.54) is 27.7 Å². The molecule has 0 amide bonds. The minimum atomic E-state index is -1.20. The first-order chi connectivity index (χ1) is 16.7. The SMILES string of the molecule is CC(=O)OC[C@H]1O[C@@H](c2ccc(-c3ccccc3)cc2)[C@H](OC(C)=O)[C@@H](OC(C)=O)[C@@H]1OC(C)=O. The van der Waals surface area contributed by atoms with Gasteiger partial charge in [-0.15, -0.1) is 0 Å². The number of benzene rings is 2. The summed E-state index contributed by atoms with van der Waals surface area (Å²) in [4.78, 5) is 47.3. The average molecular weight is 485 g/mol. The fraction of sp³-hybridized carbons (Fsp3) is 0.385. The monoisotopic (exact) mass is 484 g/mol. The van der Waals surface area contributed by atoms with Gasteiger partial charge in [0.1, 0.15) is 18.8 Å². The third kappa shape index (κ3) is 6.89. The number of hydrogen-bond acceptors (Lipinski definition) is 9. The lowest BCUT2D eigenvalue weighted by atomic mass is 9.89. The molecule has 9 heteroatoms. The normalized spacial score (nSPS) is 23.6. The molecule has 0 N–H and O–H groups in total. The van der Waals surface area contributed by atoms with Crippen LogP contribution in [0.15, 0.2) is 54.6 Å². The van der Waals surface area contributed by atoms with Crippen LogP contribution in [0.5, 0.6) is 0 Å². The van der Waals surface area contributed by atoms with E-state index >= 15 is 0 Å². The lowest BCUT2D eigenvalue weighted by Gasteiger charge is -2.44. The molecule has 1 fully saturated rings. The van der Waals surface area contributed by atoms with Crippen LogP contribution in [0.2, 0.25) is 0 Å². The lowest BCUT2D eigenvalue weighted by molar-refractivity contribution is -0.254. The molecule has 1 heterocycles. The molecule has 1 saturated heterocycles. The van der Waals surface area contributed by atoms with Crippen molar-refractivity contribution in [1.82, 2.24) is 0 Å². The summed E-state index contributed by atoms with van der Waals surface area (Å²) in [6, 6.07) is 17.1. The molecule has 0 spiro atoms. The van der Waals surface area contributed by atoms with E-state index in [-0.39, 0.29) is 6.61 Å². The van der Waals surface area contributed by atoms with Crippen LogP contribution in [0.3, 0.4) is 0 Å². The van der Waals surface area contributed by atoms with Crippen LogP contribution >= 0.6 is 0 Å². The van der Waals surface area contributed by atoms with Gasteiger partial charge in [0.25, 0.3) is 0 Å². The Labute approximate surface area is 203 Å². The quantitative estimate of drug-likeness (QED) is 0.432. The maximum Gasteiger partial charge on any atom is 0.303 e. The minimum Gasteiger partial charge on any atom is -0.463 e. The first-order valence-electron chi connectivity index (χ1n) is 11.1. The summed E-state index contributed by atoms with van der Waals surface area (Å²) in [5.74, 6) is -2.54. The summed E-state index contributed by atoms with van der Waals surface area (Å²) >= 11 is 0. The third-order valence-corrected chi connectivity index (χ3v) is 5.34. The van der Waals surface area contributed by atoms with Crippen molar-refractivity contribution in [2.75, 3.05) is 6.61 Å². The number of rotatable bonds is 7. The summed E-state index contributed by atoms with van der Waals surface area (Å²) < 4.78 is 27.7. The topological polar surface area (TPSA) is 114 Å². The van der Waals surface area contributed by atoms with Crippen LogP contribution in [0.4, 0.5) is 0 Å². The van der Waals surface area contributed by atoms with Crippen LogP contribution < -0.4 is 0 Å². The second kappa shape index (κ2) is 11.6. The van der Waals surface area contributed by atoms with Crippen molar-refractivity contribution in [2.45, 2.75) is 58.2 Å². The Balaban J connectivity index is 2.02. The summed E-state index contributed by atoms with van der Waals surface area (Å²) in [6.45, 7) is 4.55. The van der Waals surface area contributed by atoms with E-state index in [2.05, 4.69) is 0 Å². The Morgan fingerprint density at radius 1 is 0.657 bits per heavy atom. The predicted molar refractivity (Wildman–Crippen MR) is 123 cm³/mol. The third-order valence-electron chi connectivity index (χ3n) is 5.34. The van der Waals surface area contributed by atoms with Gasteiger partial charge in [-0.2, -0.15) is 0 Å². The van der Waals surface area contributed by atoms with E-state index in [1.807, 2.05) is 54.6 Å². The van der Waals surface area contributed by atoms with Crippen LogP contribution in [-0.2, 0) is 42.9 Å². The zero-order chi connectivity index (χ0) is 25.5. The lowest BCUT2D eigenvalue weighted by Crippen LogP contribution is -2.59. The molecule has 3 rings (SSSR count). The number of ether oxygens (including phenoxy) is 5. The molecule has 1 aliphatic rings. The van der Waals surface area contributed by atoms with Gasteiger partial charge in [-0.25, -0.2) is 0 Å². The second-order valence-electron chi connectivity index (χ2n) is 8.11. The molecule has 0 aromatic heterocycles. The van der Waals surface area contributed by atoms with Crippen molar-refractivity contribution in [3.63, 3.8) is 0 Å². The smallest absolute Gasteiger partial charge is 0.303 e. The second-order valence-corrected chi connectivity index (χ2v) is 8.11. The fourth-order valence-electron chi connectivity index (χ4n) is 3.99. The standard InChI is InChI=1S/C26H28O9/c1-15(27)31-14-22-24(32-16(2)28)26(34-18(4)30)25(33-17(3)29)23(35-22)21-12-10-20(11-13-21)19-8-6-5-7-9-19/h5-13,22-26H,14H2,1-4H3/t22-,23+,24-,25+,26+/m1/s1. The van der Waals surface area contributed by atoms with Gasteiger partial charge in [-0.3, -0.25) is 19.2 Å². The first kappa shape index (κ1) is 25.9. The van der Waals surface area contributed by atoms with Gasteiger partial charge in [0.05, 0.1) is 0 Å². The molecule has 35 heavy (non-hydrogen) atoms. The molecular formula is C26H28O9. The predicted octanol–water partition coefficient (Wildman–Crippen LogP) is 3.15. The number of hydrogen-bond donors (Lipinski definition) is 0. The highest BCUT2D eigenvalue weighted by atomic mass is 16.7. The zero-order valence-corrected chi connectivity index (χ0v) is 20.0. The van der Waals surface area contributed by atoms with E-state index in [0.29, 0.717) is 5.56 Å². The van der Waals surface area contributed by atoms with Gasteiger partial charge in [0.15, 0.2) is 18.3 Å². The van der Waals surface area contributed by atoms with E-state index in [4.69, 9.17) is 23.7 Å². The van der Waals surface area contributed by atoms with Crippen LogP contribution in [-0.4, -0.2) is 54.9 Å². The Kier molecular flexibility index (Phi) is 8.59. The fourth-order valence-corrected chi connectivity index (χ4v) is 3.99. The minimum absolute atomic E-state index is 0.267. The van der Waals surface area contributed by atoms with Gasteiger partial charge < -0.3 is 23.7 Å². The van der Waals surface area contributed by atoms with Crippen molar-refractivity contribution in [3.05, 3.63) is 60.2 Å². The van der Waals surface area contributed by atoms with Gasteiger partial charge in [0, 0.05) is 27.7 Å². The Morgan fingerprint density at radius 2 is 1.17 bits per heavy atom. The van der Waals surface area contributed by atoms with E-state index in [0.717, 1.165) is 11.1 Å². The molecule has 1 aliphatic heterocycles. The highest BCUT2D eigenvalue weighted by Gasteiger charge is 2.52. The molecule has 0 radical (unpaired) electrons. The molecule has 0 unspecified atom stereocenters. The molecule has 2 aromatic rings. The molecule has 0 bridgehead atoms. The van der Waals surface area contributed by atoms with Crippen molar-refractivity contribution >= 4 is 23.9 Å². The van der Waals surface area contributed by atoms with Gasteiger partial charge >= 0.3 is 23.9 Å². The molecule has 0 aliphatic carbocycles. The van der Waals surface area contributed by atoms with Gasteiger partial charge in [0.2, 0.25) is 0 Å². The largest absolute Gasteiger partial charge is 0.463 e. The summed E-state index contributed by atoms with van der Waals surface area (Å²) in [5, 5.41) is 0. The molecule has 9 nitrogen and oxygen atoms in total. The highest BCUT2D eigenvalue weighted by molar-refractivity contribution is 5.69. The molecule has 0 saturated carbocycles. The first-order valence-corrected chi connectivity index (χ1v) is 11.1. The average Bonchev–Trinajstić information content (AvgIpc) is 2.80. The van der Waals surface area contributed by atoms with Gasteiger partial charge in [-0.05, 0) is 16.7 Å². The van der Waals surface area contributed by atoms with Crippen LogP contribution in [0, 0.1) is 0 Å². The van der Waals surface area contributed by atoms with Crippen LogP contribution in [0.25, 0.3) is 11.1 Å². The van der Waals surface area contributed by atoms with Crippen molar-refractivity contribution in [3.8, 4) is 11.1 Å². The summed E-state index contributed by atoms with van der Waals surface area (Å²) in [5.41, 5.74) is 2.60. The van der Waals surface area contributed by atoms with Crippen molar-refractivity contribution in [1.29, 1.82) is 0 Å². The summed E-state index contributed by atoms with van der Waals surface area (Å²) in [7, 11) is 0. The van der Waals surface area contributed by atoms with Crippen LogP contribution in [0.1, 0.15) is 39.4 Å². The zero-order valence-electron chi connectivity index (χ0n) is 20.0. The highest BCUT2D eigenvalue weighted by Crippen LogP contribution is 2.38. The number of esters is 4. The Morgan fingerprint density at radius 3 is 1.71 bits per heavy atom. The Bertz CT molecular complexity index is 1050. The van der Waals surface area contributed by atoms with E-state index in [1.54, 1.807) is 0 Å². The maximum atomic E-state index is 12.0. The maximum absolute atomic E-state index is 12.0. The molecule has 186 valence electrons. The number of carbonyl (C=O) groups excluding carboxylic acids is 4. The molecular weight excluding hydrogens is 456 g/mol. The Hall–Kier alpha value is -3.72. The number of carbonyl (C=O) groups is 4. The van der Waals surface area contributed by atoms with Gasteiger partial charge in [-0.1, -0.05) is 54.6 Å². The summed E-state index contributed by atoms with van der Waals surface area (Å²) in [6.07, 6.45) is -5.40. The van der Waals surface area contributed by atoms with E-state index in [9.17, 15) is 19.2 Å². The van der Waals surface area contributed by atoms with Crippen molar-refractivity contribution in [2.24, 2.45) is 0 Å².